The van der Waals surface area contributed by atoms with Crippen molar-refractivity contribution in [3.8, 4) is 5.75 Å². The second kappa shape index (κ2) is 2.95. The third-order valence-electron chi connectivity index (χ3n) is 2.61. The number of aryl methyl sites for hydroxylation is 1. The van der Waals surface area contributed by atoms with Crippen molar-refractivity contribution in [2.24, 2.45) is 0 Å². The predicted molar refractivity (Wildman–Crippen MR) is 50.8 cm³/mol. The molecule has 14 heavy (non-hydrogen) atoms. The van der Waals surface area contributed by atoms with Gasteiger partial charge in [-0.25, -0.2) is 4.39 Å². The van der Waals surface area contributed by atoms with Crippen molar-refractivity contribution in [3.05, 3.63) is 29.1 Å². The van der Waals surface area contributed by atoms with E-state index in [1.165, 1.54) is 13.2 Å². The van der Waals surface area contributed by atoms with Crippen molar-refractivity contribution in [1.29, 1.82) is 0 Å². The number of ether oxygens (including phenoxy) is 1. The van der Waals surface area contributed by atoms with Crippen LogP contribution in [-0.4, -0.2) is 12.2 Å². The maximum absolute atomic E-state index is 13.6. The zero-order valence-corrected chi connectivity index (χ0v) is 8.30. The molecule has 2 rings (SSSR count). The lowest BCUT2D eigenvalue weighted by molar-refractivity contribution is 0.142. The number of rotatable bonds is 2. The molecule has 0 atom stereocenters. The molecule has 1 aliphatic rings. The molecule has 0 amide bonds. The van der Waals surface area contributed by atoms with Gasteiger partial charge in [-0.2, -0.15) is 0 Å². The molecule has 0 saturated heterocycles. The van der Waals surface area contributed by atoms with Crippen LogP contribution in [0.15, 0.2) is 12.1 Å². The maximum atomic E-state index is 13.6. The second-order valence-electron chi connectivity index (χ2n) is 3.86. The Hall–Kier alpha value is -1.09. The maximum Gasteiger partial charge on any atom is 0.133 e. The summed E-state index contributed by atoms with van der Waals surface area (Å²) in [5.74, 6) is 0.0735. The number of methoxy groups -OCH3 is 1. The van der Waals surface area contributed by atoms with E-state index in [1.54, 1.807) is 13.0 Å². The largest absolute Gasteiger partial charge is 0.496 e. The van der Waals surface area contributed by atoms with Gasteiger partial charge in [0.2, 0.25) is 0 Å². The van der Waals surface area contributed by atoms with Crippen LogP contribution < -0.4 is 4.74 Å². The average Bonchev–Trinajstić information content (AvgIpc) is 2.82. The average molecular weight is 196 g/mol. The quantitative estimate of drug-likeness (QED) is 0.785. The van der Waals surface area contributed by atoms with Crippen molar-refractivity contribution >= 4 is 0 Å². The monoisotopic (exact) mass is 196 g/mol. The fourth-order valence-electron chi connectivity index (χ4n) is 1.69. The lowest BCUT2D eigenvalue weighted by atomic mass is 10.0. The van der Waals surface area contributed by atoms with E-state index in [0.29, 0.717) is 24.2 Å². The van der Waals surface area contributed by atoms with Crippen LogP contribution in [0.4, 0.5) is 4.39 Å². The molecular weight excluding hydrogens is 183 g/mol. The molecule has 1 aromatic carbocycles. The van der Waals surface area contributed by atoms with Gasteiger partial charge < -0.3 is 9.84 Å². The summed E-state index contributed by atoms with van der Waals surface area (Å²) in [7, 11) is 1.49. The predicted octanol–water partition coefficient (Wildman–Crippen LogP) is 2.12. The van der Waals surface area contributed by atoms with E-state index in [-0.39, 0.29) is 5.82 Å². The van der Waals surface area contributed by atoms with E-state index in [2.05, 4.69) is 0 Å². The van der Waals surface area contributed by atoms with Gasteiger partial charge in [0.25, 0.3) is 0 Å². The molecular formula is C11H13FO2. The topological polar surface area (TPSA) is 29.5 Å². The highest BCUT2D eigenvalue weighted by molar-refractivity contribution is 5.44. The Morgan fingerprint density at radius 3 is 2.57 bits per heavy atom. The summed E-state index contributed by atoms with van der Waals surface area (Å²) in [6, 6.07) is 3.17. The fourth-order valence-corrected chi connectivity index (χ4v) is 1.69. The number of benzene rings is 1. The SMILES string of the molecule is COc1cc(C)cc(F)c1C1(O)CC1. The van der Waals surface area contributed by atoms with Gasteiger partial charge in [0.1, 0.15) is 11.6 Å². The highest BCUT2D eigenvalue weighted by Gasteiger charge is 2.46. The van der Waals surface area contributed by atoms with Crippen molar-refractivity contribution in [2.75, 3.05) is 7.11 Å². The Morgan fingerprint density at radius 2 is 2.07 bits per heavy atom. The summed E-state index contributed by atoms with van der Waals surface area (Å²) in [6.45, 7) is 1.80. The molecule has 0 heterocycles. The third kappa shape index (κ3) is 1.38. The van der Waals surface area contributed by atoms with Gasteiger partial charge in [-0.05, 0) is 37.5 Å². The molecule has 76 valence electrons. The molecule has 1 aromatic rings. The van der Waals surface area contributed by atoms with Crippen molar-refractivity contribution < 1.29 is 14.2 Å². The minimum atomic E-state index is -0.983. The van der Waals surface area contributed by atoms with Crippen LogP contribution in [0.2, 0.25) is 0 Å². The Bertz CT molecular complexity index is 370. The first-order valence-electron chi connectivity index (χ1n) is 4.64. The van der Waals surface area contributed by atoms with E-state index < -0.39 is 5.60 Å². The summed E-state index contributed by atoms with van der Waals surface area (Å²) in [5, 5.41) is 9.86. The van der Waals surface area contributed by atoms with Crippen LogP contribution in [0.3, 0.4) is 0 Å². The number of hydrogen-bond donors (Lipinski definition) is 1. The molecule has 1 fully saturated rings. The van der Waals surface area contributed by atoms with Gasteiger partial charge in [0.15, 0.2) is 0 Å². The lowest BCUT2D eigenvalue weighted by Gasteiger charge is -2.14. The first-order chi connectivity index (χ1) is 6.57. The standard InChI is InChI=1S/C11H13FO2/c1-7-5-8(12)10(9(6-7)14-2)11(13)3-4-11/h5-6,13H,3-4H2,1-2H3. The minimum absolute atomic E-state index is 0.311. The molecule has 1 aliphatic carbocycles. The van der Waals surface area contributed by atoms with Gasteiger partial charge in [-0.3, -0.25) is 0 Å². The Balaban J connectivity index is 2.56. The van der Waals surface area contributed by atoms with Gasteiger partial charge in [-0.15, -0.1) is 0 Å². The first-order valence-corrected chi connectivity index (χ1v) is 4.64. The molecule has 0 bridgehead atoms. The first kappa shape index (κ1) is 9.46. The summed E-state index contributed by atoms with van der Waals surface area (Å²) < 4.78 is 18.7. The number of hydrogen-bond acceptors (Lipinski definition) is 2. The zero-order chi connectivity index (χ0) is 10.3. The summed E-state index contributed by atoms with van der Waals surface area (Å²) in [5.41, 5.74) is 0.126. The van der Waals surface area contributed by atoms with E-state index >= 15 is 0 Å². The molecule has 3 heteroatoms. The summed E-state index contributed by atoms with van der Waals surface area (Å²) in [6.07, 6.45) is 1.23. The summed E-state index contributed by atoms with van der Waals surface area (Å²) in [4.78, 5) is 0. The molecule has 0 aliphatic heterocycles. The number of halogens is 1. The molecule has 2 nitrogen and oxygen atoms in total. The molecule has 0 spiro atoms. The van der Waals surface area contributed by atoms with E-state index in [1.807, 2.05) is 0 Å². The number of aliphatic hydroxyl groups is 1. The zero-order valence-electron chi connectivity index (χ0n) is 8.30. The Labute approximate surface area is 82.3 Å². The molecule has 0 aromatic heterocycles. The van der Waals surface area contributed by atoms with Gasteiger partial charge in [0, 0.05) is 0 Å². The van der Waals surface area contributed by atoms with Crippen LogP contribution in [0.5, 0.6) is 5.75 Å². The molecule has 1 saturated carbocycles. The van der Waals surface area contributed by atoms with E-state index in [0.717, 1.165) is 5.56 Å². The highest BCUT2D eigenvalue weighted by atomic mass is 19.1. The third-order valence-corrected chi connectivity index (χ3v) is 2.61. The van der Waals surface area contributed by atoms with Gasteiger partial charge >= 0.3 is 0 Å². The molecule has 1 N–H and O–H groups in total. The fraction of sp³-hybridized carbons (Fsp3) is 0.455. The van der Waals surface area contributed by atoms with Crippen LogP contribution in [0.25, 0.3) is 0 Å². The smallest absolute Gasteiger partial charge is 0.133 e. The van der Waals surface area contributed by atoms with Crippen molar-refractivity contribution in [3.63, 3.8) is 0 Å². The Kier molecular flexibility index (Phi) is 2.00. The highest BCUT2D eigenvalue weighted by Crippen LogP contribution is 2.49. The van der Waals surface area contributed by atoms with Crippen LogP contribution in [-0.2, 0) is 5.60 Å². The second-order valence-corrected chi connectivity index (χ2v) is 3.86. The molecule has 0 radical (unpaired) electrons. The van der Waals surface area contributed by atoms with E-state index in [9.17, 15) is 9.50 Å². The van der Waals surface area contributed by atoms with Crippen molar-refractivity contribution in [2.45, 2.75) is 25.4 Å². The van der Waals surface area contributed by atoms with E-state index in [4.69, 9.17) is 4.74 Å². The van der Waals surface area contributed by atoms with Crippen LogP contribution >= 0.6 is 0 Å². The Morgan fingerprint density at radius 1 is 1.43 bits per heavy atom. The van der Waals surface area contributed by atoms with Crippen LogP contribution in [0.1, 0.15) is 24.0 Å². The lowest BCUT2D eigenvalue weighted by Crippen LogP contribution is -2.10. The molecule has 0 unspecified atom stereocenters. The van der Waals surface area contributed by atoms with Gasteiger partial charge in [-0.1, -0.05) is 0 Å². The van der Waals surface area contributed by atoms with Crippen molar-refractivity contribution in [1.82, 2.24) is 0 Å². The minimum Gasteiger partial charge on any atom is -0.496 e. The van der Waals surface area contributed by atoms with Gasteiger partial charge in [0.05, 0.1) is 18.3 Å². The van der Waals surface area contributed by atoms with Crippen LogP contribution in [0, 0.1) is 12.7 Å². The summed E-state index contributed by atoms with van der Waals surface area (Å²) >= 11 is 0. The normalized spacial score (nSPS) is 18.0.